The standard InChI is InChI=1S/C10H10ClNO2/c1-2-13-10-12-8-5-3-4-7(6-11)9(8)14-10/h3-5H,2,6H2,1H3. The van der Waals surface area contributed by atoms with Crippen LogP contribution in [-0.4, -0.2) is 11.6 Å². The molecule has 14 heavy (non-hydrogen) atoms. The number of ether oxygens (including phenoxy) is 1. The van der Waals surface area contributed by atoms with Crippen LogP contribution in [0.5, 0.6) is 6.08 Å². The highest BCUT2D eigenvalue weighted by atomic mass is 35.5. The van der Waals surface area contributed by atoms with E-state index in [0.29, 0.717) is 24.1 Å². The molecule has 0 fully saturated rings. The Morgan fingerprint density at radius 3 is 3.07 bits per heavy atom. The predicted molar refractivity (Wildman–Crippen MR) is 54.7 cm³/mol. The van der Waals surface area contributed by atoms with Crippen molar-refractivity contribution < 1.29 is 9.15 Å². The van der Waals surface area contributed by atoms with Gasteiger partial charge in [-0.25, -0.2) is 0 Å². The van der Waals surface area contributed by atoms with Gasteiger partial charge in [0, 0.05) is 5.56 Å². The molecule has 2 rings (SSSR count). The number of benzene rings is 1. The van der Waals surface area contributed by atoms with Crippen molar-refractivity contribution in [2.75, 3.05) is 6.61 Å². The van der Waals surface area contributed by atoms with E-state index in [1.54, 1.807) is 0 Å². The van der Waals surface area contributed by atoms with Crippen molar-refractivity contribution in [2.24, 2.45) is 0 Å². The van der Waals surface area contributed by atoms with Crippen molar-refractivity contribution in [2.45, 2.75) is 12.8 Å². The van der Waals surface area contributed by atoms with E-state index < -0.39 is 0 Å². The first kappa shape index (κ1) is 9.34. The van der Waals surface area contributed by atoms with Crippen molar-refractivity contribution in [3.05, 3.63) is 23.8 Å². The van der Waals surface area contributed by atoms with Gasteiger partial charge < -0.3 is 9.15 Å². The lowest BCUT2D eigenvalue weighted by Crippen LogP contribution is -1.89. The molecule has 0 spiro atoms. The third-order valence-electron chi connectivity index (χ3n) is 1.89. The Hall–Kier alpha value is -1.22. The van der Waals surface area contributed by atoms with E-state index in [1.165, 1.54) is 0 Å². The van der Waals surface area contributed by atoms with Crippen LogP contribution in [0.25, 0.3) is 11.1 Å². The number of fused-ring (bicyclic) bond motifs is 1. The van der Waals surface area contributed by atoms with Crippen LogP contribution < -0.4 is 4.74 Å². The van der Waals surface area contributed by atoms with E-state index in [1.807, 2.05) is 25.1 Å². The highest BCUT2D eigenvalue weighted by Gasteiger charge is 2.09. The topological polar surface area (TPSA) is 35.3 Å². The second kappa shape index (κ2) is 3.88. The van der Waals surface area contributed by atoms with E-state index in [-0.39, 0.29) is 0 Å². The van der Waals surface area contributed by atoms with Crippen LogP contribution in [0.4, 0.5) is 0 Å². The van der Waals surface area contributed by atoms with E-state index in [0.717, 1.165) is 11.1 Å². The van der Waals surface area contributed by atoms with Crippen LogP contribution in [0, 0.1) is 0 Å². The summed E-state index contributed by atoms with van der Waals surface area (Å²) in [5.41, 5.74) is 2.43. The molecule has 1 aromatic heterocycles. The van der Waals surface area contributed by atoms with Gasteiger partial charge >= 0.3 is 6.08 Å². The highest BCUT2D eigenvalue weighted by Crippen LogP contribution is 2.24. The number of hydrogen-bond acceptors (Lipinski definition) is 3. The van der Waals surface area contributed by atoms with Gasteiger partial charge in [-0.15, -0.1) is 11.6 Å². The summed E-state index contributed by atoms with van der Waals surface area (Å²) in [6.45, 7) is 2.43. The molecular formula is C10H10ClNO2. The minimum absolute atomic E-state index is 0.306. The van der Waals surface area contributed by atoms with Gasteiger partial charge in [0.1, 0.15) is 5.52 Å². The Balaban J connectivity index is 2.52. The summed E-state index contributed by atoms with van der Waals surface area (Å²) in [4.78, 5) is 4.16. The SMILES string of the molecule is CCOc1nc2cccc(CCl)c2o1. The molecule has 0 N–H and O–H groups in total. The number of rotatable bonds is 3. The number of alkyl halides is 1. The molecule has 0 aliphatic heterocycles. The van der Waals surface area contributed by atoms with Crippen molar-refractivity contribution in [1.82, 2.24) is 4.98 Å². The van der Waals surface area contributed by atoms with E-state index >= 15 is 0 Å². The molecule has 4 heteroatoms. The van der Waals surface area contributed by atoms with Crippen LogP contribution in [0.3, 0.4) is 0 Å². The molecule has 0 atom stereocenters. The maximum atomic E-state index is 5.76. The van der Waals surface area contributed by atoms with E-state index in [4.69, 9.17) is 20.8 Å². The summed E-state index contributed by atoms with van der Waals surface area (Å²) in [5, 5.41) is 0. The molecule has 0 aliphatic carbocycles. The molecule has 0 amide bonds. The number of aromatic nitrogens is 1. The fraction of sp³-hybridized carbons (Fsp3) is 0.300. The normalized spacial score (nSPS) is 10.7. The summed E-state index contributed by atoms with van der Waals surface area (Å²) in [5.74, 6) is 0.415. The quantitative estimate of drug-likeness (QED) is 0.733. The summed E-state index contributed by atoms with van der Waals surface area (Å²) in [7, 11) is 0. The monoisotopic (exact) mass is 211 g/mol. The van der Waals surface area contributed by atoms with Crippen LogP contribution >= 0.6 is 11.6 Å². The summed E-state index contributed by atoms with van der Waals surface area (Å²) >= 11 is 5.76. The maximum Gasteiger partial charge on any atom is 0.394 e. The minimum Gasteiger partial charge on any atom is -0.450 e. The Labute approximate surface area is 86.6 Å². The van der Waals surface area contributed by atoms with E-state index in [2.05, 4.69) is 4.98 Å². The fourth-order valence-electron chi connectivity index (χ4n) is 1.28. The van der Waals surface area contributed by atoms with Gasteiger partial charge in [0.2, 0.25) is 0 Å². The Bertz CT molecular complexity index is 439. The molecule has 1 heterocycles. The van der Waals surface area contributed by atoms with Gasteiger partial charge in [-0.3, -0.25) is 0 Å². The van der Waals surface area contributed by atoms with Gasteiger partial charge in [-0.2, -0.15) is 4.98 Å². The zero-order valence-corrected chi connectivity index (χ0v) is 8.54. The third kappa shape index (κ3) is 1.55. The number of para-hydroxylation sites is 1. The molecule has 1 aromatic carbocycles. The maximum absolute atomic E-state index is 5.76. The average molecular weight is 212 g/mol. The molecule has 3 nitrogen and oxygen atoms in total. The lowest BCUT2D eigenvalue weighted by Gasteiger charge is -1.94. The van der Waals surface area contributed by atoms with Crippen LogP contribution in [0.1, 0.15) is 12.5 Å². The first-order valence-electron chi connectivity index (χ1n) is 4.42. The predicted octanol–water partition coefficient (Wildman–Crippen LogP) is 2.97. The van der Waals surface area contributed by atoms with Gasteiger partial charge in [0.15, 0.2) is 5.58 Å². The average Bonchev–Trinajstić information content (AvgIpc) is 2.60. The number of hydrogen-bond donors (Lipinski definition) is 0. The minimum atomic E-state index is 0.306. The first-order chi connectivity index (χ1) is 6.85. The number of halogens is 1. The van der Waals surface area contributed by atoms with E-state index in [9.17, 15) is 0 Å². The van der Waals surface area contributed by atoms with Gasteiger partial charge in [0.05, 0.1) is 12.5 Å². The van der Waals surface area contributed by atoms with Crippen LogP contribution in [-0.2, 0) is 5.88 Å². The van der Waals surface area contributed by atoms with Crippen molar-refractivity contribution >= 4 is 22.7 Å². The van der Waals surface area contributed by atoms with Crippen molar-refractivity contribution in [1.29, 1.82) is 0 Å². The van der Waals surface area contributed by atoms with Crippen LogP contribution in [0.15, 0.2) is 22.6 Å². The zero-order valence-electron chi connectivity index (χ0n) is 7.79. The lowest BCUT2D eigenvalue weighted by molar-refractivity contribution is 0.251. The molecule has 0 unspecified atom stereocenters. The second-order valence-electron chi connectivity index (χ2n) is 2.81. The Kier molecular flexibility index (Phi) is 2.59. The third-order valence-corrected chi connectivity index (χ3v) is 2.18. The van der Waals surface area contributed by atoms with Gasteiger partial charge in [-0.1, -0.05) is 12.1 Å². The zero-order chi connectivity index (χ0) is 9.97. The molecule has 0 aliphatic rings. The first-order valence-corrected chi connectivity index (χ1v) is 4.95. The Morgan fingerprint density at radius 2 is 2.36 bits per heavy atom. The lowest BCUT2D eigenvalue weighted by atomic mass is 10.2. The van der Waals surface area contributed by atoms with Crippen molar-refractivity contribution in [3.8, 4) is 6.08 Å². The molecule has 0 bridgehead atoms. The molecule has 0 saturated carbocycles. The molecular weight excluding hydrogens is 202 g/mol. The van der Waals surface area contributed by atoms with Gasteiger partial charge in [0.25, 0.3) is 0 Å². The smallest absolute Gasteiger partial charge is 0.394 e. The number of nitrogens with zero attached hydrogens (tertiary/aromatic N) is 1. The highest BCUT2D eigenvalue weighted by molar-refractivity contribution is 6.17. The molecule has 0 saturated heterocycles. The largest absolute Gasteiger partial charge is 0.450 e. The fourth-order valence-corrected chi connectivity index (χ4v) is 1.49. The second-order valence-corrected chi connectivity index (χ2v) is 3.08. The summed E-state index contributed by atoms with van der Waals surface area (Å²) in [6.07, 6.45) is 0.306. The molecule has 2 aromatic rings. The van der Waals surface area contributed by atoms with Crippen molar-refractivity contribution in [3.63, 3.8) is 0 Å². The Morgan fingerprint density at radius 1 is 1.50 bits per heavy atom. The number of oxazole rings is 1. The molecule has 74 valence electrons. The summed E-state index contributed by atoms with van der Waals surface area (Å²) in [6, 6.07) is 5.69. The van der Waals surface area contributed by atoms with Gasteiger partial charge in [-0.05, 0) is 13.0 Å². The summed E-state index contributed by atoms with van der Waals surface area (Å²) < 4.78 is 10.6. The van der Waals surface area contributed by atoms with Crippen LogP contribution in [0.2, 0.25) is 0 Å². The molecule has 0 radical (unpaired) electrons.